The minimum atomic E-state index is -4.44. The summed E-state index contributed by atoms with van der Waals surface area (Å²) in [5, 5.41) is 4.94. The molecule has 1 radical (unpaired) electrons. The summed E-state index contributed by atoms with van der Waals surface area (Å²) in [7, 11) is 0. The fourth-order valence-electron chi connectivity index (χ4n) is 0.609. The average molecular weight is 184 g/mol. The molecule has 0 bridgehead atoms. The van der Waals surface area contributed by atoms with Crippen LogP contribution < -0.4 is 0 Å². The van der Waals surface area contributed by atoms with Gasteiger partial charge in [-0.2, -0.15) is 18.3 Å². The summed E-state index contributed by atoms with van der Waals surface area (Å²) in [5.74, 6) is -0.245. The van der Waals surface area contributed by atoms with Crippen molar-refractivity contribution in [1.29, 1.82) is 0 Å². The molecule has 1 rings (SSSR count). The summed E-state index contributed by atoms with van der Waals surface area (Å²) >= 11 is 5.19. The van der Waals surface area contributed by atoms with Crippen LogP contribution in [0.25, 0.3) is 0 Å². The van der Waals surface area contributed by atoms with E-state index >= 15 is 0 Å². The largest absolute Gasteiger partial charge is 0.435 e. The SMILES string of the molecule is FC(F)(F)c1n[nH][c]c1CCl. The minimum absolute atomic E-state index is 0.154. The van der Waals surface area contributed by atoms with Gasteiger partial charge < -0.3 is 0 Å². The summed E-state index contributed by atoms with van der Waals surface area (Å²) in [4.78, 5) is 0. The first kappa shape index (κ1) is 8.39. The molecule has 0 aliphatic rings. The van der Waals surface area contributed by atoms with Crippen LogP contribution in [0.4, 0.5) is 13.2 Å². The lowest BCUT2D eigenvalue weighted by Crippen LogP contribution is -2.08. The molecule has 61 valence electrons. The van der Waals surface area contributed by atoms with Gasteiger partial charge in [-0.3, -0.25) is 5.10 Å². The van der Waals surface area contributed by atoms with Gasteiger partial charge in [0, 0.05) is 5.56 Å². The molecule has 1 heterocycles. The van der Waals surface area contributed by atoms with Crippen LogP contribution in [0.3, 0.4) is 0 Å². The van der Waals surface area contributed by atoms with Crippen molar-refractivity contribution in [3.8, 4) is 0 Å². The Balaban J connectivity index is 3.02. The van der Waals surface area contributed by atoms with Crippen molar-refractivity contribution < 1.29 is 13.2 Å². The molecule has 0 spiro atoms. The number of aromatic nitrogens is 2. The molecule has 0 saturated carbocycles. The number of nitrogens with one attached hydrogen (secondary N) is 1. The molecule has 1 aromatic heterocycles. The van der Waals surface area contributed by atoms with Crippen molar-refractivity contribution in [2.75, 3.05) is 0 Å². The van der Waals surface area contributed by atoms with Gasteiger partial charge in [0.1, 0.15) is 0 Å². The van der Waals surface area contributed by atoms with Crippen molar-refractivity contribution in [1.82, 2.24) is 10.2 Å². The van der Waals surface area contributed by atoms with Crippen molar-refractivity contribution in [2.45, 2.75) is 12.1 Å². The first-order valence-corrected chi connectivity index (χ1v) is 3.17. The lowest BCUT2D eigenvalue weighted by Gasteiger charge is -2.02. The molecule has 1 N–H and O–H groups in total. The van der Waals surface area contributed by atoms with Crippen LogP contribution in [0.2, 0.25) is 0 Å². The Labute approximate surface area is 65.4 Å². The molecule has 0 aliphatic heterocycles. The first-order valence-electron chi connectivity index (χ1n) is 2.63. The second-order valence-electron chi connectivity index (χ2n) is 1.81. The summed E-state index contributed by atoms with van der Waals surface area (Å²) in [6, 6.07) is 0. The second-order valence-corrected chi connectivity index (χ2v) is 2.07. The number of hydrogen-bond acceptors (Lipinski definition) is 1. The van der Waals surface area contributed by atoms with Gasteiger partial charge >= 0.3 is 6.18 Å². The fourth-order valence-corrected chi connectivity index (χ4v) is 0.803. The van der Waals surface area contributed by atoms with Crippen molar-refractivity contribution in [2.24, 2.45) is 0 Å². The molecular weight excluding hydrogens is 181 g/mol. The molecule has 0 saturated heterocycles. The van der Waals surface area contributed by atoms with Crippen LogP contribution in [-0.4, -0.2) is 10.2 Å². The number of halogens is 4. The fraction of sp³-hybridized carbons (Fsp3) is 0.400. The van der Waals surface area contributed by atoms with Crippen molar-refractivity contribution >= 4 is 11.6 Å². The van der Waals surface area contributed by atoms with E-state index in [9.17, 15) is 13.2 Å². The number of nitrogens with zero attached hydrogens (tertiary/aromatic N) is 1. The van der Waals surface area contributed by atoms with E-state index in [2.05, 4.69) is 11.3 Å². The van der Waals surface area contributed by atoms with Gasteiger partial charge in [0.05, 0.1) is 12.1 Å². The van der Waals surface area contributed by atoms with Crippen molar-refractivity contribution in [3.05, 3.63) is 17.5 Å². The van der Waals surface area contributed by atoms with E-state index in [0.29, 0.717) is 0 Å². The quantitative estimate of drug-likeness (QED) is 0.663. The Morgan fingerprint density at radius 2 is 2.18 bits per heavy atom. The average Bonchev–Trinajstić information content (AvgIpc) is 2.31. The Morgan fingerprint density at radius 3 is 2.55 bits per heavy atom. The molecule has 1 aromatic rings. The van der Waals surface area contributed by atoms with Gasteiger partial charge in [-0.25, -0.2) is 0 Å². The number of hydrogen-bond donors (Lipinski definition) is 1. The van der Waals surface area contributed by atoms with Gasteiger partial charge in [-0.1, -0.05) is 0 Å². The number of rotatable bonds is 1. The topological polar surface area (TPSA) is 28.7 Å². The van der Waals surface area contributed by atoms with E-state index in [1.807, 2.05) is 5.10 Å². The van der Waals surface area contributed by atoms with Crippen LogP contribution >= 0.6 is 11.6 Å². The summed E-state index contributed by atoms with van der Waals surface area (Å²) in [6.45, 7) is 0. The molecule has 0 fully saturated rings. The summed E-state index contributed by atoms with van der Waals surface area (Å²) < 4.78 is 35.7. The second kappa shape index (κ2) is 2.73. The summed E-state index contributed by atoms with van der Waals surface area (Å²) in [6.07, 6.45) is -2.27. The van der Waals surface area contributed by atoms with E-state index in [0.717, 1.165) is 0 Å². The zero-order chi connectivity index (χ0) is 8.48. The van der Waals surface area contributed by atoms with E-state index in [-0.39, 0.29) is 11.4 Å². The molecule has 0 atom stereocenters. The molecule has 0 unspecified atom stereocenters. The highest BCUT2D eigenvalue weighted by Gasteiger charge is 2.36. The lowest BCUT2D eigenvalue weighted by atomic mass is 10.3. The van der Waals surface area contributed by atoms with Crippen LogP contribution in [-0.2, 0) is 12.1 Å². The Hall–Kier alpha value is -0.710. The molecule has 6 heteroatoms. The molecule has 11 heavy (non-hydrogen) atoms. The first-order chi connectivity index (χ1) is 5.05. The summed E-state index contributed by atoms with van der Waals surface area (Å²) in [5.41, 5.74) is -1.15. The van der Waals surface area contributed by atoms with Gasteiger partial charge in [-0.15, -0.1) is 11.6 Å². The molecule has 0 aliphatic carbocycles. The Morgan fingerprint density at radius 1 is 1.55 bits per heavy atom. The Bertz CT molecular complexity index is 242. The van der Waals surface area contributed by atoms with E-state index in [4.69, 9.17) is 11.6 Å². The molecule has 0 aromatic carbocycles. The zero-order valence-electron chi connectivity index (χ0n) is 5.17. The standard InChI is InChI=1S/C5H3ClF3N2/c6-1-3-2-10-11-4(3)5(7,8)9/h1H2,(H,10,11). The van der Waals surface area contributed by atoms with E-state index < -0.39 is 11.9 Å². The third-order valence-corrected chi connectivity index (χ3v) is 1.33. The molecule has 2 nitrogen and oxygen atoms in total. The lowest BCUT2D eigenvalue weighted by molar-refractivity contribution is -0.141. The zero-order valence-corrected chi connectivity index (χ0v) is 5.92. The van der Waals surface area contributed by atoms with Crippen LogP contribution in [0.15, 0.2) is 0 Å². The third-order valence-electron chi connectivity index (χ3n) is 1.06. The number of alkyl halides is 4. The highest BCUT2D eigenvalue weighted by atomic mass is 35.5. The van der Waals surface area contributed by atoms with Gasteiger partial charge in [-0.05, 0) is 0 Å². The highest BCUT2D eigenvalue weighted by Crippen LogP contribution is 2.30. The van der Waals surface area contributed by atoms with E-state index in [1.54, 1.807) is 0 Å². The molecular formula is C5H3ClF3N2. The maximum absolute atomic E-state index is 11.9. The maximum Gasteiger partial charge on any atom is 0.435 e. The van der Waals surface area contributed by atoms with E-state index in [1.165, 1.54) is 0 Å². The number of H-pyrrole nitrogens is 1. The third kappa shape index (κ3) is 1.65. The van der Waals surface area contributed by atoms with Gasteiger partial charge in [0.15, 0.2) is 5.69 Å². The predicted octanol–water partition coefficient (Wildman–Crippen LogP) is 1.97. The van der Waals surface area contributed by atoms with Crippen LogP contribution in [0, 0.1) is 6.20 Å². The normalized spacial score (nSPS) is 12.0. The van der Waals surface area contributed by atoms with Crippen LogP contribution in [0.5, 0.6) is 0 Å². The predicted molar refractivity (Wildman–Crippen MR) is 32.0 cm³/mol. The maximum atomic E-state index is 11.9. The minimum Gasteiger partial charge on any atom is -0.275 e. The van der Waals surface area contributed by atoms with Crippen molar-refractivity contribution in [3.63, 3.8) is 0 Å². The smallest absolute Gasteiger partial charge is 0.275 e. The van der Waals surface area contributed by atoms with Gasteiger partial charge in [0.2, 0.25) is 0 Å². The molecule has 0 amide bonds. The monoisotopic (exact) mass is 183 g/mol. The van der Waals surface area contributed by atoms with Crippen LogP contribution in [0.1, 0.15) is 11.3 Å². The highest BCUT2D eigenvalue weighted by molar-refractivity contribution is 6.17. The van der Waals surface area contributed by atoms with Gasteiger partial charge in [0.25, 0.3) is 0 Å². The Kier molecular flexibility index (Phi) is 2.08. The number of aromatic amines is 1.